The maximum atomic E-state index is 12.6. The Bertz CT molecular complexity index is 1220. The van der Waals surface area contributed by atoms with Crippen LogP contribution in [0.25, 0.3) is 10.2 Å². The third kappa shape index (κ3) is 4.34. The van der Waals surface area contributed by atoms with Gasteiger partial charge in [-0.05, 0) is 36.8 Å². The molecule has 0 atom stereocenters. The lowest BCUT2D eigenvalue weighted by atomic mass is 10.2. The molecule has 152 valence electrons. The Morgan fingerprint density at radius 2 is 2.03 bits per heavy atom. The lowest BCUT2D eigenvalue weighted by Gasteiger charge is -2.06. The third-order valence-corrected chi connectivity index (χ3v) is 5.98. The Labute approximate surface area is 181 Å². The van der Waals surface area contributed by atoms with E-state index in [1.807, 2.05) is 35.9 Å². The molecule has 0 fully saturated rings. The molecule has 0 unspecified atom stereocenters. The van der Waals surface area contributed by atoms with Gasteiger partial charge in [0, 0.05) is 16.6 Å². The molecule has 3 heterocycles. The summed E-state index contributed by atoms with van der Waals surface area (Å²) in [5, 5.41) is 11.5. The van der Waals surface area contributed by atoms with Crippen molar-refractivity contribution < 1.29 is 9.59 Å². The highest BCUT2D eigenvalue weighted by Gasteiger charge is 2.17. The summed E-state index contributed by atoms with van der Waals surface area (Å²) < 4.78 is 1.85. The Morgan fingerprint density at radius 1 is 1.20 bits per heavy atom. The molecule has 3 aromatic heterocycles. The second kappa shape index (κ2) is 8.64. The molecule has 9 heteroatoms. The second-order valence-electron chi connectivity index (χ2n) is 6.64. The van der Waals surface area contributed by atoms with Gasteiger partial charge in [0.1, 0.15) is 4.83 Å². The molecule has 2 amide bonds. The summed E-state index contributed by atoms with van der Waals surface area (Å²) in [5.41, 5.74) is 2.37. The second-order valence-corrected chi connectivity index (χ2v) is 8.07. The Hall–Kier alpha value is -3.23. The van der Waals surface area contributed by atoms with Crippen molar-refractivity contribution in [2.24, 2.45) is 0 Å². The lowest BCUT2D eigenvalue weighted by molar-refractivity contribution is -0.115. The van der Waals surface area contributed by atoms with Crippen LogP contribution in [-0.4, -0.2) is 33.1 Å². The van der Waals surface area contributed by atoms with Crippen LogP contribution in [0.3, 0.4) is 0 Å². The van der Waals surface area contributed by atoms with Gasteiger partial charge >= 0.3 is 0 Å². The van der Waals surface area contributed by atoms with Crippen molar-refractivity contribution in [3.63, 3.8) is 0 Å². The highest BCUT2D eigenvalue weighted by molar-refractivity contribution is 7.20. The molecule has 0 saturated carbocycles. The van der Waals surface area contributed by atoms with E-state index in [1.54, 1.807) is 30.6 Å². The standard InChI is InChI=1S/C21H18ClN5O2S/c1-13-16-9-18(20(29)24-11-19(28)25-15-6-4-8-23-10-15)30-21(16)27(26-13)12-14-5-2-3-7-17(14)22/h2-10H,11-12H2,1H3,(H,24,29)(H,25,28). The topological polar surface area (TPSA) is 88.9 Å². The summed E-state index contributed by atoms with van der Waals surface area (Å²) in [6.45, 7) is 2.28. The van der Waals surface area contributed by atoms with Crippen molar-refractivity contribution in [1.29, 1.82) is 0 Å². The number of anilines is 1. The molecule has 0 aliphatic heterocycles. The van der Waals surface area contributed by atoms with Crippen LogP contribution in [0, 0.1) is 6.92 Å². The number of nitrogens with zero attached hydrogens (tertiary/aromatic N) is 3. The molecular weight excluding hydrogens is 422 g/mol. The first kappa shape index (κ1) is 20.1. The van der Waals surface area contributed by atoms with Gasteiger partial charge in [0.2, 0.25) is 5.91 Å². The number of aryl methyl sites for hydroxylation is 1. The Kier molecular flexibility index (Phi) is 5.78. The zero-order chi connectivity index (χ0) is 21.1. The van der Waals surface area contributed by atoms with Crippen molar-refractivity contribution >= 4 is 50.7 Å². The Morgan fingerprint density at radius 3 is 2.80 bits per heavy atom. The monoisotopic (exact) mass is 439 g/mol. The number of rotatable bonds is 6. The molecule has 0 bridgehead atoms. The largest absolute Gasteiger partial charge is 0.342 e. The van der Waals surface area contributed by atoms with Crippen LogP contribution in [-0.2, 0) is 11.3 Å². The minimum atomic E-state index is -0.321. The minimum Gasteiger partial charge on any atom is -0.342 e. The number of carbonyl (C=O) groups excluding carboxylic acids is 2. The first-order valence-corrected chi connectivity index (χ1v) is 10.4. The number of aromatic nitrogens is 3. The fraction of sp³-hybridized carbons (Fsp3) is 0.143. The van der Waals surface area contributed by atoms with Gasteiger partial charge in [-0.3, -0.25) is 19.3 Å². The van der Waals surface area contributed by atoms with Gasteiger partial charge in [-0.2, -0.15) is 5.10 Å². The number of thiophene rings is 1. The first-order chi connectivity index (χ1) is 14.5. The summed E-state index contributed by atoms with van der Waals surface area (Å²) in [5.74, 6) is -0.625. The fourth-order valence-corrected chi connectivity index (χ4v) is 4.28. The molecule has 0 aliphatic carbocycles. The van der Waals surface area contributed by atoms with Crippen molar-refractivity contribution in [3.05, 3.63) is 76.0 Å². The number of halogens is 1. The van der Waals surface area contributed by atoms with Gasteiger partial charge in [-0.15, -0.1) is 11.3 Å². The molecule has 0 spiro atoms. The number of nitrogens with one attached hydrogen (secondary N) is 2. The molecule has 0 saturated heterocycles. The number of benzene rings is 1. The van der Waals surface area contributed by atoms with Crippen molar-refractivity contribution in [3.8, 4) is 0 Å². The van der Waals surface area contributed by atoms with Crippen LogP contribution in [0.15, 0.2) is 54.9 Å². The van der Waals surface area contributed by atoms with Gasteiger partial charge in [0.15, 0.2) is 0 Å². The van der Waals surface area contributed by atoms with Crippen molar-refractivity contribution in [2.75, 3.05) is 11.9 Å². The van der Waals surface area contributed by atoms with Gasteiger partial charge in [-0.1, -0.05) is 29.8 Å². The molecule has 30 heavy (non-hydrogen) atoms. The number of amides is 2. The first-order valence-electron chi connectivity index (χ1n) is 9.19. The van der Waals surface area contributed by atoms with E-state index in [1.165, 1.54) is 11.3 Å². The van der Waals surface area contributed by atoms with E-state index < -0.39 is 0 Å². The summed E-state index contributed by atoms with van der Waals surface area (Å²) in [4.78, 5) is 29.9. The summed E-state index contributed by atoms with van der Waals surface area (Å²) in [6, 6.07) is 12.9. The van der Waals surface area contributed by atoms with Gasteiger partial charge in [-0.25, -0.2) is 0 Å². The van der Waals surface area contributed by atoms with Gasteiger partial charge < -0.3 is 10.6 Å². The average Bonchev–Trinajstić information content (AvgIpc) is 3.30. The summed E-state index contributed by atoms with van der Waals surface area (Å²) >= 11 is 7.61. The van der Waals surface area contributed by atoms with E-state index in [2.05, 4.69) is 20.7 Å². The van der Waals surface area contributed by atoms with Crippen LogP contribution < -0.4 is 10.6 Å². The minimum absolute atomic E-state index is 0.132. The quantitative estimate of drug-likeness (QED) is 0.477. The molecule has 0 aliphatic rings. The van der Waals surface area contributed by atoms with Crippen LogP contribution in [0.1, 0.15) is 20.9 Å². The van der Waals surface area contributed by atoms with E-state index in [9.17, 15) is 9.59 Å². The predicted octanol–water partition coefficient (Wildman–Crippen LogP) is 3.87. The SMILES string of the molecule is Cc1nn(Cc2ccccc2Cl)c2sc(C(=O)NCC(=O)Nc3cccnc3)cc12. The summed E-state index contributed by atoms with van der Waals surface area (Å²) in [7, 11) is 0. The number of pyridine rings is 1. The molecule has 2 N–H and O–H groups in total. The molecular formula is C21H18ClN5O2S. The molecule has 7 nitrogen and oxygen atoms in total. The van der Waals surface area contributed by atoms with E-state index in [0.29, 0.717) is 22.1 Å². The normalized spacial score (nSPS) is 10.9. The van der Waals surface area contributed by atoms with Crippen LogP contribution >= 0.6 is 22.9 Å². The van der Waals surface area contributed by atoms with Crippen LogP contribution in [0.4, 0.5) is 5.69 Å². The van der Waals surface area contributed by atoms with Crippen LogP contribution in [0.2, 0.25) is 5.02 Å². The van der Waals surface area contributed by atoms with E-state index in [-0.39, 0.29) is 18.4 Å². The summed E-state index contributed by atoms with van der Waals surface area (Å²) in [6.07, 6.45) is 3.16. The molecule has 1 aromatic carbocycles. The van der Waals surface area contributed by atoms with E-state index in [0.717, 1.165) is 21.5 Å². The van der Waals surface area contributed by atoms with E-state index >= 15 is 0 Å². The molecule has 4 aromatic rings. The number of carbonyl (C=O) groups is 2. The molecule has 0 radical (unpaired) electrons. The maximum absolute atomic E-state index is 12.6. The maximum Gasteiger partial charge on any atom is 0.261 e. The number of hydrogen-bond acceptors (Lipinski definition) is 5. The average molecular weight is 440 g/mol. The van der Waals surface area contributed by atoms with Gasteiger partial charge in [0.05, 0.1) is 35.5 Å². The number of hydrogen-bond donors (Lipinski definition) is 2. The van der Waals surface area contributed by atoms with Gasteiger partial charge in [0.25, 0.3) is 5.91 Å². The fourth-order valence-electron chi connectivity index (χ4n) is 3.01. The van der Waals surface area contributed by atoms with Crippen molar-refractivity contribution in [1.82, 2.24) is 20.1 Å². The predicted molar refractivity (Wildman–Crippen MR) is 118 cm³/mol. The highest BCUT2D eigenvalue weighted by Crippen LogP contribution is 2.29. The van der Waals surface area contributed by atoms with E-state index in [4.69, 9.17) is 11.6 Å². The molecule has 4 rings (SSSR count). The smallest absolute Gasteiger partial charge is 0.261 e. The zero-order valence-electron chi connectivity index (χ0n) is 16.1. The van der Waals surface area contributed by atoms with Crippen LogP contribution in [0.5, 0.6) is 0 Å². The lowest BCUT2D eigenvalue weighted by Crippen LogP contribution is -2.32. The third-order valence-electron chi connectivity index (χ3n) is 4.46. The highest BCUT2D eigenvalue weighted by atomic mass is 35.5. The Balaban J connectivity index is 1.46. The number of fused-ring (bicyclic) bond motifs is 1. The van der Waals surface area contributed by atoms with Crippen molar-refractivity contribution in [2.45, 2.75) is 13.5 Å². The zero-order valence-corrected chi connectivity index (χ0v) is 17.6.